The summed E-state index contributed by atoms with van der Waals surface area (Å²) in [5, 5.41) is 0. The molecule has 0 amide bonds. The number of rotatable bonds is 12. The van der Waals surface area contributed by atoms with Gasteiger partial charge in [0.15, 0.2) is 0 Å². The maximum absolute atomic E-state index is 14.2. The van der Waals surface area contributed by atoms with Crippen LogP contribution in [-0.2, 0) is 57.4 Å². The Morgan fingerprint density at radius 2 is 0.864 bits per heavy atom. The summed E-state index contributed by atoms with van der Waals surface area (Å²) in [6.45, 7) is 30.0. The van der Waals surface area contributed by atoms with E-state index in [9.17, 15) is 25.6 Å². The SMILES string of the molecule is CC1(C)OB(B2OC(C)(C)C(C)(C)O2)OC1(C)C.CC1(C)OB(c2cc(F)cc(NS(=O)(=O)CCN3CCOCC3)c2)OC1(C)C.O=S(=O)(CCN1CCOCC1)Nc1cc(F)cc(Br)c1. The quantitative estimate of drug-likeness (QED) is 0.269. The molecule has 7 rings (SSSR count). The molecule has 5 fully saturated rings. The Bertz CT molecular complexity index is 2100. The maximum atomic E-state index is 14.2. The molecule has 0 unspecified atom stereocenters. The van der Waals surface area contributed by atoms with E-state index in [0.29, 0.717) is 62.5 Å². The van der Waals surface area contributed by atoms with Crippen LogP contribution >= 0.6 is 15.9 Å². The van der Waals surface area contributed by atoms with E-state index in [1.54, 1.807) is 6.07 Å². The van der Waals surface area contributed by atoms with Gasteiger partial charge in [-0.3, -0.25) is 19.2 Å². The van der Waals surface area contributed by atoms with E-state index in [4.69, 9.17) is 37.4 Å². The average Bonchev–Trinajstić information content (AvgIpc) is 3.66. The molecule has 2 aromatic carbocycles. The summed E-state index contributed by atoms with van der Waals surface area (Å²) in [5.41, 5.74) is -1.76. The Kier molecular flexibility index (Phi) is 17.7. The van der Waals surface area contributed by atoms with Gasteiger partial charge in [0.25, 0.3) is 0 Å². The van der Waals surface area contributed by atoms with E-state index < -0.39 is 64.0 Å². The highest BCUT2D eigenvalue weighted by Crippen LogP contribution is 2.43. The lowest BCUT2D eigenvalue weighted by Crippen LogP contribution is -2.41. The number of hydrogen-bond acceptors (Lipinski definition) is 14. The van der Waals surface area contributed by atoms with Gasteiger partial charge in [0.1, 0.15) is 11.6 Å². The molecule has 16 nitrogen and oxygen atoms in total. The van der Waals surface area contributed by atoms with Crippen molar-refractivity contribution in [3.05, 3.63) is 52.5 Å². The molecule has 0 saturated carbocycles. The predicted molar refractivity (Wildman–Crippen MR) is 258 cm³/mol. The maximum Gasteiger partial charge on any atom is 0.495 e. The van der Waals surface area contributed by atoms with Crippen LogP contribution < -0.4 is 14.9 Å². The summed E-state index contributed by atoms with van der Waals surface area (Å²) < 4.78 is 128. The molecule has 2 N–H and O–H groups in total. The first-order valence-electron chi connectivity index (χ1n) is 22.2. The number of nitrogens with one attached hydrogen (secondary N) is 2. The van der Waals surface area contributed by atoms with E-state index in [1.165, 1.54) is 18.2 Å². The van der Waals surface area contributed by atoms with Crippen molar-refractivity contribution < 1.29 is 63.0 Å². The summed E-state index contributed by atoms with van der Waals surface area (Å²) in [6, 6.07) is 7.95. The van der Waals surface area contributed by atoms with E-state index >= 15 is 0 Å². The van der Waals surface area contributed by atoms with Gasteiger partial charge in [0, 0.05) is 43.7 Å². The highest BCUT2D eigenvalue weighted by Gasteiger charge is 2.63. The zero-order valence-electron chi connectivity index (χ0n) is 40.4. The van der Waals surface area contributed by atoms with E-state index in [1.807, 2.05) is 92.9 Å². The van der Waals surface area contributed by atoms with Crippen molar-refractivity contribution >= 4 is 74.0 Å². The summed E-state index contributed by atoms with van der Waals surface area (Å²) >= 11 is 3.13. The number of nitrogens with zero attached hydrogens (tertiary/aromatic N) is 2. The number of morpholine rings is 2. The normalized spacial score (nSPS) is 23.4. The van der Waals surface area contributed by atoms with Gasteiger partial charge in [-0.25, -0.2) is 25.6 Å². The van der Waals surface area contributed by atoms with Gasteiger partial charge in [-0.05, 0) is 125 Å². The largest absolute Gasteiger partial charge is 0.495 e. The molecule has 0 aromatic heterocycles. The van der Waals surface area contributed by atoms with Crippen molar-refractivity contribution in [3.8, 4) is 0 Å². The van der Waals surface area contributed by atoms with Gasteiger partial charge in [-0.1, -0.05) is 15.9 Å². The second-order valence-electron chi connectivity index (χ2n) is 20.0. The van der Waals surface area contributed by atoms with Crippen molar-refractivity contribution in [2.24, 2.45) is 0 Å². The fourth-order valence-electron chi connectivity index (χ4n) is 7.01. The van der Waals surface area contributed by atoms with Crippen LogP contribution in [0.2, 0.25) is 0 Å². The van der Waals surface area contributed by atoms with E-state index in [0.717, 1.165) is 25.2 Å². The number of benzene rings is 2. The van der Waals surface area contributed by atoms with Crippen molar-refractivity contribution in [2.75, 3.05) is 86.6 Å². The topological polar surface area (TPSA) is 173 Å². The van der Waals surface area contributed by atoms with Crippen LogP contribution in [0.3, 0.4) is 0 Å². The predicted octanol–water partition coefficient (Wildman–Crippen LogP) is 5.11. The van der Waals surface area contributed by atoms with E-state index in [-0.39, 0.29) is 45.3 Å². The molecule has 2 aromatic rings. The van der Waals surface area contributed by atoms with Gasteiger partial charge in [-0.15, -0.1) is 0 Å². The fraction of sp³-hybridized carbons (Fsp3) is 0.714. The van der Waals surface area contributed by atoms with Crippen LogP contribution in [-0.4, -0.2) is 159 Å². The molecule has 370 valence electrons. The van der Waals surface area contributed by atoms with Crippen LogP contribution in [0.4, 0.5) is 20.2 Å². The molecule has 0 atom stereocenters. The van der Waals surface area contributed by atoms with Crippen LogP contribution in [0.25, 0.3) is 0 Å². The molecule has 5 heterocycles. The Hall–Kier alpha value is -1.93. The zero-order chi connectivity index (χ0) is 49.1. The fourth-order valence-corrected chi connectivity index (χ4v) is 9.63. The lowest BCUT2D eigenvalue weighted by molar-refractivity contribution is 0.00578. The van der Waals surface area contributed by atoms with Crippen molar-refractivity contribution in [1.29, 1.82) is 0 Å². The highest BCUT2D eigenvalue weighted by molar-refractivity contribution is 9.10. The Balaban J connectivity index is 0.000000192. The average molecular weight is 1040 g/mol. The van der Waals surface area contributed by atoms with Crippen molar-refractivity contribution in [3.63, 3.8) is 0 Å². The minimum Gasteiger partial charge on any atom is -0.405 e. The third-order valence-corrected chi connectivity index (χ3v) is 16.2. The monoisotopic (exact) mass is 1030 g/mol. The molecule has 0 aliphatic carbocycles. The van der Waals surface area contributed by atoms with Crippen LogP contribution in [0.5, 0.6) is 0 Å². The van der Waals surface area contributed by atoms with Gasteiger partial charge in [0.2, 0.25) is 20.0 Å². The standard InChI is InChI=1S/C18H28BFN2O5S.C12H24B2O4.C12H16BrFN2O3S/c1-17(2)18(3,4)27-19(26-17)14-11-15(20)13-16(12-14)21-28(23,24)10-7-22-5-8-25-9-6-22;1-9(2)10(3,4)16-13(15-9)14-17-11(5,6)12(7,8)18-14;13-10-7-11(14)9-12(8-10)15-20(17,18)6-3-16-1-4-19-5-2-16/h11-13,21H,5-10H2,1-4H3;1-8H3;7-9,15H,1-6H2. The first kappa shape index (κ1) is 55.0. The highest BCUT2D eigenvalue weighted by atomic mass is 79.9. The summed E-state index contributed by atoms with van der Waals surface area (Å²) in [4.78, 5) is 4.06. The molecule has 0 spiro atoms. The molecule has 5 aliphatic rings. The molecule has 24 heteroatoms. The Labute approximate surface area is 400 Å². The van der Waals surface area contributed by atoms with Gasteiger partial charge >= 0.3 is 21.1 Å². The van der Waals surface area contributed by atoms with Gasteiger partial charge in [0.05, 0.1) is 82.9 Å². The zero-order valence-corrected chi connectivity index (χ0v) is 43.6. The van der Waals surface area contributed by atoms with Gasteiger partial charge < -0.3 is 37.4 Å². The molecule has 5 aliphatic heterocycles. The smallest absolute Gasteiger partial charge is 0.405 e. The number of ether oxygens (including phenoxy) is 2. The lowest BCUT2D eigenvalue weighted by Gasteiger charge is -2.32. The molecule has 0 radical (unpaired) electrons. The van der Waals surface area contributed by atoms with Crippen molar-refractivity contribution in [2.45, 2.75) is 117 Å². The number of halogens is 3. The second-order valence-corrected chi connectivity index (χ2v) is 24.6. The summed E-state index contributed by atoms with van der Waals surface area (Å²) in [6.07, 6.45) is 0. The van der Waals surface area contributed by atoms with E-state index in [2.05, 4.69) is 25.4 Å². The van der Waals surface area contributed by atoms with Crippen molar-refractivity contribution in [1.82, 2.24) is 9.80 Å². The summed E-state index contributed by atoms with van der Waals surface area (Å²) in [7, 11) is -8.82. The Morgan fingerprint density at radius 1 is 0.530 bits per heavy atom. The number of hydrogen-bond donors (Lipinski definition) is 2. The third-order valence-electron chi connectivity index (χ3n) is 13.2. The minimum absolute atomic E-state index is 0.0267. The molecular weight excluding hydrogens is 967 g/mol. The molecule has 0 bridgehead atoms. The minimum atomic E-state index is -3.62. The second kappa shape index (κ2) is 21.2. The lowest BCUT2D eigenvalue weighted by atomic mass is 9.49. The molecule has 5 saturated heterocycles. The Morgan fingerprint density at radius 3 is 1.23 bits per heavy atom. The number of anilines is 2. The first-order valence-corrected chi connectivity index (χ1v) is 26.3. The van der Waals surface area contributed by atoms with Crippen LogP contribution in [0.1, 0.15) is 83.1 Å². The molecular formula is C42H68B3BrF2N4O12S2. The van der Waals surface area contributed by atoms with Crippen LogP contribution in [0, 0.1) is 11.6 Å². The molecule has 66 heavy (non-hydrogen) atoms. The van der Waals surface area contributed by atoms with Gasteiger partial charge in [-0.2, -0.15) is 0 Å². The third kappa shape index (κ3) is 14.8. The van der Waals surface area contributed by atoms with Crippen LogP contribution in [0.15, 0.2) is 40.9 Å². The summed E-state index contributed by atoms with van der Waals surface area (Å²) in [5.74, 6) is -1.15. The first-order chi connectivity index (χ1) is 30.3. The number of sulfonamides is 2.